The lowest BCUT2D eigenvalue weighted by atomic mass is 9.90. The molecule has 1 N–H and O–H groups in total. The monoisotopic (exact) mass is 563 g/mol. The number of rotatable bonds is 12. The van der Waals surface area contributed by atoms with Crippen molar-refractivity contribution in [3.63, 3.8) is 0 Å². The van der Waals surface area contributed by atoms with Crippen molar-refractivity contribution in [1.82, 2.24) is 14.5 Å². The van der Waals surface area contributed by atoms with E-state index in [1.165, 1.54) is 16.8 Å². The molecule has 1 amide bonds. The fraction of sp³-hybridized carbons (Fsp3) is 0.500. The van der Waals surface area contributed by atoms with Crippen LogP contribution in [0.1, 0.15) is 49.9 Å². The van der Waals surface area contributed by atoms with Gasteiger partial charge < -0.3 is 9.47 Å². The molecule has 204 valence electrons. The van der Waals surface area contributed by atoms with Crippen molar-refractivity contribution in [3.05, 3.63) is 52.2 Å². The molecule has 1 aliphatic rings. The summed E-state index contributed by atoms with van der Waals surface area (Å²) in [5.41, 5.74) is -0.317. The number of carbonyl (C=O) groups is 1. The van der Waals surface area contributed by atoms with E-state index in [-0.39, 0.29) is 28.6 Å². The molecule has 3 rings (SSSR count). The number of alkyl halides is 3. The minimum absolute atomic E-state index is 0.0165. The Kier molecular flexibility index (Phi) is 9.30. The maximum Gasteiger partial charge on any atom is 0.416 e. The minimum Gasteiger partial charge on any atom is -0.476 e. The van der Waals surface area contributed by atoms with Crippen molar-refractivity contribution >= 4 is 33.6 Å². The van der Waals surface area contributed by atoms with Gasteiger partial charge in [0.1, 0.15) is 0 Å². The third kappa shape index (κ3) is 8.47. The second kappa shape index (κ2) is 11.9. The number of unbranched alkanes of at least 4 members (excludes halogenated alkanes) is 2. The first-order valence-electron chi connectivity index (χ1n) is 11.7. The quantitative estimate of drug-likeness (QED) is 0.298. The summed E-state index contributed by atoms with van der Waals surface area (Å²) < 4.78 is 77.5. The molecule has 1 saturated heterocycles. The zero-order valence-corrected chi connectivity index (χ0v) is 22.0. The van der Waals surface area contributed by atoms with E-state index in [1.54, 1.807) is 6.07 Å². The normalized spacial score (nSPS) is 15.5. The molecule has 0 atom stereocenters. The van der Waals surface area contributed by atoms with Crippen LogP contribution in [0, 0.1) is 5.41 Å². The molecule has 37 heavy (non-hydrogen) atoms. The summed E-state index contributed by atoms with van der Waals surface area (Å²) >= 11 is 6.11. The highest BCUT2D eigenvalue weighted by Gasteiger charge is 2.34. The van der Waals surface area contributed by atoms with Crippen LogP contribution < -0.4 is 9.46 Å². The number of hydrogen-bond acceptors (Lipinski definition) is 6. The molecular formula is C24H29ClF3N3O5S. The van der Waals surface area contributed by atoms with Crippen LogP contribution in [-0.4, -0.2) is 49.7 Å². The molecule has 2 heterocycles. The van der Waals surface area contributed by atoms with Gasteiger partial charge in [-0.3, -0.25) is 9.48 Å². The van der Waals surface area contributed by atoms with Gasteiger partial charge in [-0.2, -0.15) is 13.2 Å². The Bertz CT molecular complexity index is 1240. The average molecular weight is 564 g/mol. The van der Waals surface area contributed by atoms with Gasteiger partial charge in [-0.1, -0.05) is 44.4 Å². The van der Waals surface area contributed by atoms with Crippen LogP contribution in [0.2, 0.25) is 5.02 Å². The molecule has 1 fully saturated rings. The molecule has 0 bridgehead atoms. The predicted molar refractivity (Wildman–Crippen MR) is 133 cm³/mol. The Morgan fingerprint density at radius 2 is 2.03 bits per heavy atom. The van der Waals surface area contributed by atoms with Crippen molar-refractivity contribution < 1.29 is 35.9 Å². The number of carbonyl (C=O) groups excluding carboxylic acids is 1. The summed E-state index contributed by atoms with van der Waals surface area (Å²) in [5, 5.41) is 4.25. The van der Waals surface area contributed by atoms with Crippen molar-refractivity contribution in [2.45, 2.75) is 45.8 Å². The summed E-state index contributed by atoms with van der Waals surface area (Å²) in [7, 11) is -3.77. The second-order valence-electron chi connectivity index (χ2n) is 9.29. The van der Waals surface area contributed by atoms with E-state index in [2.05, 4.69) is 5.10 Å². The zero-order chi connectivity index (χ0) is 27.3. The van der Waals surface area contributed by atoms with E-state index in [4.69, 9.17) is 21.1 Å². The van der Waals surface area contributed by atoms with E-state index in [1.807, 2.05) is 18.6 Å². The second-order valence-corrected chi connectivity index (χ2v) is 11.5. The highest BCUT2D eigenvalue weighted by atomic mass is 35.5. The third-order valence-electron chi connectivity index (χ3n) is 5.64. The van der Waals surface area contributed by atoms with Crippen LogP contribution >= 0.6 is 11.6 Å². The SMILES string of the molecule is CCCCCS(=O)(=O)NC(=O)C=Cc1cc(OCC2(C)COC2)nn1Cc1ccc(C(F)(F)F)cc1Cl. The molecular weight excluding hydrogens is 535 g/mol. The summed E-state index contributed by atoms with van der Waals surface area (Å²) in [6.45, 7) is 5.31. The van der Waals surface area contributed by atoms with E-state index >= 15 is 0 Å². The molecule has 13 heteroatoms. The molecule has 2 aromatic rings. The Balaban J connectivity index is 1.79. The number of benzene rings is 1. The maximum absolute atomic E-state index is 13.0. The number of hydrogen-bond donors (Lipinski definition) is 1. The van der Waals surface area contributed by atoms with Crippen LogP contribution in [0.4, 0.5) is 13.2 Å². The Hall–Kier alpha value is -2.57. The smallest absolute Gasteiger partial charge is 0.416 e. The number of nitrogens with one attached hydrogen (secondary N) is 1. The first-order chi connectivity index (χ1) is 17.3. The van der Waals surface area contributed by atoms with Gasteiger partial charge in [0, 0.05) is 22.6 Å². The first kappa shape index (κ1) is 29.0. The van der Waals surface area contributed by atoms with E-state index in [9.17, 15) is 26.4 Å². The van der Waals surface area contributed by atoms with E-state index < -0.39 is 27.7 Å². The number of nitrogens with zero attached hydrogens (tertiary/aromatic N) is 2. The summed E-state index contributed by atoms with van der Waals surface area (Å²) in [5.74, 6) is -0.771. The molecule has 0 unspecified atom stereocenters. The molecule has 0 saturated carbocycles. The van der Waals surface area contributed by atoms with Crippen molar-refractivity contribution in [1.29, 1.82) is 0 Å². The predicted octanol–water partition coefficient (Wildman–Crippen LogP) is 4.67. The first-order valence-corrected chi connectivity index (χ1v) is 13.7. The number of amides is 1. The van der Waals surface area contributed by atoms with Crippen LogP contribution in [0.3, 0.4) is 0 Å². The van der Waals surface area contributed by atoms with Gasteiger partial charge in [0.25, 0.3) is 5.91 Å². The van der Waals surface area contributed by atoms with Gasteiger partial charge in [-0.05, 0) is 30.2 Å². The summed E-state index contributed by atoms with van der Waals surface area (Å²) in [6.07, 6.45) is -0.132. The standard InChI is InChI=1S/C24H29ClF3N3O5S/c1-3-4-5-10-37(33,34)30-21(32)9-8-19-12-22(36-16-23(2)14-35-15-23)29-31(19)13-17-6-7-18(11-20(17)25)24(26,27)28/h6-9,11-12H,3-5,10,13-16H2,1-2H3,(H,30,32). The van der Waals surface area contributed by atoms with Gasteiger partial charge >= 0.3 is 6.18 Å². The molecule has 0 aliphatic carbocycles. The Labute approximate surface area is 218 Å². The largest absolute Gasteiger partial charge is 0.476 e. The highest BCUT2D eigenvalue weighted by molar-refractivity contribution is 7.90. The van der Waals surface area contributed by atoms with Gasteiger partial charge in [0.2, 0.25) is 15.9 Å². The lowest BCUT2D eigenvalue weighted by molar-refractivity contribution is -0.137. The average Bonchev–Trinajstić information content (AvgIpc) is 3.17. The van der Waals surface area contributed by atoms with E-state index in [0.29, 0.717) is 37.5 Å². The van der Waals surface area contributed by atoms with Crippen LogP contribution in [0.15, 0.2) is 30.3 Å². The maximum atomic E-state index is 13.0. The Morgan fingerprint density at radius 3 is 2.62 bits per heavy atom. The fourth-order valence-corrected chi connectivity index (χ4v) is 4.78. The summed E-state index contributed by atoms with van der Waals surface area (Å²) in [6, 6.07) is 4.55. The minimum atomic E-state index is -4.53. The van der Waals surface area contributed by atoms with Crippen LogP contribution in [-0.2, 0) is 32.3 Å². The number of aromatic nitrogens is 2. The van der Waals surface area contributed by atoms with Gasteiger partial charge in [-0.25, -0.2) is 13.1 Å². The zero-order valence-electron chi connectivity index (χ0n) is 20.5. The molecule has 1 aromatic heterocycles. The van der Waals surface area contributed by atoms with Crippen LogP contribution in [0.25, 0.3) is 6.08 Å². The fourth-order valence-electron chi connectivity index (χ4n) is 3.47. The number of halogens is 4. The molecule has 0 radical (unpaired) electrons. The molecule has 1 aromatic carbocycles. The number of ether oxygens (including phenoxy) is 2. The van der Waals surface area contributed by atoms with Crippen molar-refractivity contribution in [2.75, 3.05) is 25.6 Å². The van der Waals surface area contributed by atoms with Gasteiger partial charge in [-0.15, -0.1) is 5.10 Å². The van der Waals surface area contributed by atoms with Crippen molar-refractivity contribution in [2.24, 2.45) is 5.41 Å². The lowest BCUT2D eigenvalue weighted by Crippen LogP contribution is -2.44. The topological polar surface area (TPSA) is 99.5 Å². The Morgan fingerprint density at radius 1 is 1.30 bits per heavy atom. The molecule has 0 spiro atoms. The summed E-state index contributed by atoms with van der Waals surface area (Å²) in [4.78, 5) is 12.3. The van der Waals surface area contributed by atoms with Crippen molar-refractivity contribution in [3.8, 4) is 5.88 Å². The number of sulfonamides is 1. The lowest BCUT2D eigenvalue weighted by Gasteiger charge is -2.37. The highest BCUT2D eigenvalue weighted by Crippen LogP contribution is 2.33. The van der Waals surface area contributed by atoms with Gasteiger partial charge in [0.15, 0.2) is 0 Å². The van der Waals surface area contributed by atoms with E-state index in [0.717, 1.165) is 31.1 Å². The van der Waals surface area contributed by atoms with Gasteiger partial charge in [0.05, 0.1) is 43.4 Å². The molecule has 8 nitrogen and oxygen atoms in total. The molecule has 1 aliphatic heterocycles. The van der Waals surface area contributed by atoms with Crippen LogP contribution in [0.5, 0.6) is 5.88 Å². The third-order valence-corrected chi connectivity index (χ3v) is 7.33.